The fourth-order valence-corrected chi connectivity index (χ4v) is 2.79. The molecule has 19 heavy (non-hydrogen) atoms. The fraction of sp³-hybridized carbons (Fsp3) is 0.857. The predicted octanol–water partition coefficient (Wildman–Crippen LogP) is 0.866. The van der Waals surface area contributed by atoms with Crippen molar-refractivity contribution in [3.63, 3.8) is 0 Å². The normalized spacial score (nSPS) is 23.1. The number of carbonyl (C=O) groups excluding carboxylic acids is 2. The molecule has 0 saturated heterocycles. The number of nitrogens with zero attached hydrogens (tertiary/aromatic N) is 1. The summed E-state index contributed by atoms with van der Waals surface area (Å²) in [7, 11) is 0. The van der Waals surface area contributed by atoms with Gasteiger partial charge in [-0.25, -0.2) is 0 Å². The summed E-state index contributed by atoms with van der Waals surface area (Å²) in [6.07, 6.45) is 5.85. The number of carbonyl (C=O) groups is 2. The SMILES string of the molecule is CCCCN(CC(N)=O)C(=O)C1CCCC(CN)C1. The molecule has 2 amide bonds. The van der Waals surface area contributed by atoms with Gasteiger partial charge in [-0.15, -0.1) is 0 Å². The van der Waals surface area contributed by atoms with E-state index in [0.717, 1.165) is 38.5 Å². The first-order chi connectivity index (χ1) is 9.08. The molecule has 2 unspecified atom stereocenters. The zero-order valence-electron chi connectivity index (χ0n) is 11.9. The van der Waals surface area contributed by atoms with E-state index < -0.39 is 5.91 Å². The first kappa shape index (κ1) is 16.0. The molecule has 2 atom stereocenters. The van der Waals surface area contributed by atoms with Crippen molar-refractivity contribution in [1.29, 1.82) is 0 Å². The minimum absolute atomic E-state index is 0.0264. The Morgan fingerprint density at radius 2 is 2.05 bits per heavy atom. The molecule has 0 radical (unpaired) electrons. The van der Waals surface area contributed by atoms with Crippen LogP contribution in [0, 0.1) is 11.8 Å². The molecule has 1 rings (SSSR count). The summed E-state index contributed by atoms with van der Waals surface area (Å²) >= 11 is 0. The molecule has 0 spiro atoms. The number of hydrogen-bond acceptors (Lipinski definition) is 3. The van der Waals surface area contributed by atoms with E-state index in [-0.39, 0.29) is 18.4 Å². The minimum atomic E-state index is -0.435. The Hall–Kier alpha value is -1.10. The van der Waals surface area contributed by atoms with Crippen molar-refractivity contribution in [3.8, 4) is 0 Å². The van der Waals surface area contributed by atoms with Gasteiger partial charge in [-0.2, -0.15) is 0 Å². The van der Waals surface area contributed by atoms with Crippen molar-refractivity contribution in [3.05, 3.63) is 0 Å². The van der Waals surface area contributed by atoms with Gasteiger partial charge in [0.05, 0.1) is 6.54 Å². The average Bonchev–Trinajstić information content (AvgIpc) is 2.42. The molecule has 1 fully saturated rings. The van der Waals surface area contributed by atoms with E-state index >= 15 is 0 Å². The van der Waals surface area contributed by atoms with Gasteiger partial charge in [-0.1, -0.05) is 19.8 Å². The van der Waals surface area contributed by atoms with Crippen LogP contribution in [0.15, 0.2) is 0 Å². The van der Waals surface area contributed by atoms with Crippen molar-refractivity contribution >= 4 is 11.8 Å². The van der Waals surface area contributed by atoms with E-state index in [2.05, 4.69) is 6.92 Å². The van der Waals surface area contributed by atoms with E-state index in [4.69, 9.17) is 11.5 Å². The Labute approximate surface area is 115 Å². The fourth-order valence-electron chi connectivity index (χ4n) is 2.79. The van der Waals surface area contributed by atoms with Gasteiger partial charge < -0.3 is 16.4 Å². The molecule has 0 aliphatic heterocycles. The Morgan fingerprint density at radius 3 is 2.63 bits per heavy atom. The standard InChI is InChI=1S/C14H27N3O2/c1-2-3-7-17(10-13(16)18)14(19)12-6-4-5-11(8-12)9-15/h11-12H,2-10,15H2,1H3,(H2,16,18). The molecule has 0 aromatic heterocycles. The van der Waals surface area contributed by atoms with E-state index in [0.29, 0.717) is 19.0 Å². The van der Waals surface area contributed by atoms with Crippen molar-refractivity contribution in [2.24, 2.45) is 23.3 Å². The molecule has 0 bridgehead atoms. The van der Waals surface area contributed by atoms with Crippen LogP contribution in [0.4, 0.5) is 0 Å². The van der Waals surface area contributed by atoms with Crippen molar-refractivity contribution < 1.29 is 9.59 Å². The highest BCUT2D eigenvalue weighted by Gasteiger charge is 2.30. The summed E-state index contributed by atoms with van der Waals surface area (Å²) < 4.78 is 0. The van der Waals surface area contributed by atoms with Crippen LogP contribution in [0.2, 0.25) is 0 Å². The lowest BCUT2D eigenvalue weighted by atomic mass is 9.80. The quantitative estimate of drug-likeness (QED) is 0.718. The van der Waals surface area contributed by atoms with Crippen LogP contribution in [0.25, 0.3) is 0 Å². The van der Waals surface area contributed by atoms with Gasteiger partial charge in [0.2, 0.25) is 11.8 Å². The Bertz CT molecular complexity index is 307. The lowest BCUT2D eigenvalue weighted by Crippen LogP contribution is -2.43. The summed E-state index contributed by atoms with van der Waals surface area (Å²) in [5, 5.41) is 0. The second-order valence-electron chi connectivity index (χ2n) is 5.54. The van der Waals surface area contributed by atoms with Crippen LogP contribution in [0.5, 0.6) is 0 Å². The highest BCUT2D eigenvalue weighted by atomic mass is 16.2. The van der Waals surface area contributed by atoms with Crippen LogP contribution < -0.4 is 11.5 Å². The van der Waals surface area contributed by atoms with Gasteiger partial charge in [0.25, 0.3) is 0 Å². The van der Waals surface area contributed by atoms with Crippen LogP contribution in [-0.2, 0) is 9.59 Å². The number of unbranched alkanes of at least 4 members (excludes halogenated alkanes) is 1. The van der Waals surface area contributed by atoms with Crippen LogP contribution in [-0.4, -0.2) is 36.3 Å². The van der Waals surface area contributed by atoms with E-state index in [9.17, 15) is 9.59 Å². The Balaban J connectivity index is 2.60. The van der Waals surface area contributed by atoms with E-state index in [1.165, 1.54) is 0 Å². The molecule has 1 aliphatic rings. The summed E-state index contributed by atoms with van der Waals surface area (Å²) in [6.45, 7) is 3.39. The Morgan fingerprint density at radius 1 is 1.32 bits per heavy atom. The molecule has 4 N–H and O–H groups in total. The Kier molecular flexibility index (Phi) is 6.84. The molecule has 0 heterocycles. The average molecular weight is 269 g/mol. The van der Waals surface area contributed by atoms with E-state index in [1.807, 2.05) is 0 Å². The highest BCUT2D eigenvalue weighted by molar-refractivity contribution is 5.85. The van der Waals surface area contributed by atoms with Gasteiger partial charge in [0.15, 0.2) is 0 Å². The third kappa shape index (κ3) is 5.19. The van der Waals surface area contributed by atoms with Gasteiger partial charge in [-0.3, -0.25) is 9.59 Å². The first-order valence-electron chi connectivity index (χ1n) is 7.35. The molecule has 110 valence electrons. The van der Waals surface area contributed by atoms with E-state index in [1.54, 1.807) is 4.90 Å². The largest absolute Gasteiger partial charge is 0.368 e. The van der Waals surface area contributed by atoms with Gasteiger partial charge in [0.1, 0.15) is 0 Å². The molecule has 5 nitrogen and oxygen atoms in total. The summed E-state index contributed by atoms with van der Waals surface area (Å²) in [5.41, 5.74) is 10.9. The maximum atomic E-state index is 12.5. The van der Waals surface area contributed by atoms with Crippen molar-refractivity contribution in [1.82, 2.24) is 4.90 Å². The van der Waals surface area contributed by atoms with Crippen LogP contribution in [0.3, 0.4) is 0 Å². The third-order valence-electron chi connectivity index (χ3n) is 3.91. The van der Waals surface area contributed by atoms with Gasteiger partial charge in [0, 0.05) is 12.5 Å². The number of rotatable bonds is 7. The molecule has 0 aromatic carbocycles. The van der Waals surface area contributed by atoms with Gasteiger partial charge >= 0.3 is 0 Å². The lowest BCUT2D eigenvalue weighted by molar-refractivity contribution is -0.140. The molecular formula is C14H27N3O2. The molecule has 5 heteroatoms. The molecule has 1 saturated carbocycles. The van der Waals surface area contributed by atoms with Crippen LogP contribution in [0.1, 0.15) is 45.4 Å². The molecular weight excluding hydrogens is 242 g/mol. The zero-order chi connectivity index (χ0) is 14.3. The second kappa shape index (κ2) is 8.15. The minimum Gasteiger partial charge on any atom is -0.368 e. The maximum Gasteiger partial charge on any atom is 0.237 e. The number of hydrogen-bond donors (Lipinski definition) is 2. The monoisotopic (exact) mass is 269 g/mol. The maximum absolute atomic E-state index is 12.5. The first-order valence-corrected chi connectivity index (χ1v) is 7.35. The zero-order valence-corrected chi connectivity index (χ0v) is 11.9. The smallest absolute Gasteiger partial charge is 0.237 e. The van der Waals surface area contributed by atoms with Crippen molar-refractivity contribution in [2.45, 2.75) is 45.4 Å². The van der Waals surface area contributed by atoms with Gasteiger partial charge in [-0.05, 0) is 38.1 Å². The summed E-state index contributed by atoms with van der Waals surface area (Å²) in [6, 6.07) is 0. The van der Waals surface area contributed by atoms with Crippen LogP contribution >= 0.6 is 0 Å². The number of amides is 2. The predicted molar refractivity (Wildman–Crippen MR) is 75.2 cm³/mol. The number of nitrogens with two attached hydrogens (primary N) is 2. The van der Waals surface area contributed by atoms with Crippen molar-refractivity contribution in [2.75, 3.05) is 19.6 Å². The second-order valence-corrected chi connectivity index (χ2v) is 5.54. The number of primary amides is 1. The molecule has 0 aromatic rings. The highest BCUT2D eigenvalue weighted by Crippen LogP contribution is 2.29. The third-order valence-corrected chi connectivity index (χ3v) is 3.91. The topological polar surface area (TPSA) is 89.4 Å². The molecule has 1 aliphatic carbocycles. The summed E-state index contributed by atoms with van der Waals surface area (Å²) in [4.78, 5) is 25.2. The summed E-state index contributed by atoms with van der Waals surface area (Å²) in [5.74, 6) is 0.129. The lowest BCUT2D eigenvalue weighted by Gasteiger charge is -2.31.